The molecule has 0 spiro atoms. The minimum atomic E-state index is -1.09. The quantitative estimate of drug-likeness (QED) is 0.468. The Morgan fingerprint density at radius 2 is 1.86 bits per heavy atom. The van der Waals surface area contributed by atoms with Crippen molar-refractivity contribution in [1.82, 2.24) is 4.98 Å². The summed E-state index contributed by atoms with van der Waals surface area (Å²) in [5, 5.41) is 28.9. The molecule has 0 radical (unpaired) electrons. The average Bonchev–Trinajstić information content (AvgIpc) is 2.75. The maximum absolute atomic E-state index is 10.1. The summed E-state index contributed by atoms with van der Waals surface area (Å²) in [5.41, 5.74) is 2.56. The van der Waals surface area contributed by atoms with Crippen molar-refractivity contribution < 1.29 is 29.4 Å². The fourth-order valence-corrected chi connectivity index (χ4v) is 2.95. The van der Waals surface area contributed by atoms with Gasteiger partial charge in [-0.2, -0.15) is 0 Å². The molecule has 0 unspecified atom stereocenters. The number of aliphatic hydroxyl groups excluding tert-OH is 2. The van der Waals surface area contributed by atoms with Crippen LogP contribution in [0.1, 0.15) is 31.7 Å². The van der Waals surface area contributed by atoms with Crippen molar-refractivity contribution in [2.45, 2.75) is 38.6 Å². The van der Waals surface area contributed by atoms with Crippen molar-refractivity contribution in [1.29, 1.82) is 0 Å². The zero-order valence-corrected chi connectivity index (χ0v) is 17.2. The van der Waals surface area contributed by atoms with Gasteiger partial charge in [-0.3, -0.25) is 4.98 Å². The molecule has 0 aliphatic rings. The number of pyridine rings is 1. The van der Waals surface area contributed by atoms with E-state index in [-0.39, 0.29) is 25.5 Å². The molecule has 1 aromatic heterocycles. The number of rotatable bonds is 12. The van der Waals surface area contributed by atoms with E-state index < -0.39 is 13.2 Å². The van der Waals surface area contributed by atoms with Crippen LogP contribution in [0.5, 0.6) is 11.5 Å². The molecular weight excluding hydrogens is 373 g/mol. The molecule has 0 aliphatic heterocycles. The summed E-state index contributed by atoms with van der Waals surface area (Å²) in [5.74, 6) is 0.980. The largest absolute Gasteiger partial charge is 0.493 e. The third-order valence-corrected chi connectivity index (χ3v) is 4.54. The molecule has 0 bridgehead atoms. The van der Waals surface area contributed by atoms with E-state index in [0.29, 0.717) is 18.1 Å². The summed E-state index contributed by atoms with van der Waals surface area (Å²) >= 11 is 0. The second-order valence-electron chi connectivity index (χ2n) is 6.92. The van der Waals surface area contributed by atoms with E-state index in [2.05, 4.69) is 4.98 Å². The number of methoxy groups -OCH3 is 1. The molecular formula is C21H30BNO6. The Labute approximate surface area is 172 Å². The lowest BCUT2D eigenvalue weighted by Crippen LogP contribution is -2.28. The normalized spacial score (nSPS) is 13.0. The van der Waals surface area contributed by atoms with E-state index in [4.69, 9.17) is 19.2 Å². The van der Waals surface area contributed by atoms with Crippen molar-refractivity contribution in [3.63, 3.8) is 0 Å². The lowest BCUT2D eigenvalue weighted by Gasteiger charge is -2.19. The van der Waals surface area contributed by atoms with E-state index in [1.165, 1.54) is 0 Å². The van der Waals surface area contributed by atoms with Crippen molar-refractivity contribution in [3.05, 3.63) is 42.2 Å². The van der Waals surface area contributed by atoms with Crippen LogP contribution in [0.2, 0.25) is 6.32 Å². The highest BCUT2D eigenvalue weighted by atomic mass is 16.5. The van der Waals surface area contributed by atoms with Crippen LogP contribution in [0.4, 0.5) is 0 Å². The van der Waals surface area contributed by atoms with E-state index in [9.17, 15) is 10.1 Å². The molecule has 0 fully saturated rings. The van der Waals surface area contributed by atoms with Gasteiger partial charge in [0.25, 0.3) is 0 Å². The Hall–Kier alpha value is -2.13. The van der Waals surface area contributed by atoms with Crippen LogP contribution in [0.25, 0.3) is 11.1 Å². The standard InChI is InChI=1S/C21H30BNO6/c1-4-7-28-21-9-16(5-6-20(21)27-3)17-8-18(12-23-11-17)19(14-25)10-22(26)29-15(2)13-24/h5-6,8-9,11-12,15,19,24-26H,4,7,10,13-14H2,1-3H3/t15-,19-/m0/s1. The number of benzene rings is 1. The van der Waals surface area contributed by atoms with Gasteiger partial charge in [0.05, 0.1) is 26.4 Å². The summed E-state index contributed by atoms with van der Waals surface area (Å²) in [6.07, 6.45) is 4.02. The van der Waals surface area contributed by atoms with Gasteiger partial charge >= 0.3 is 7.12 Å². The summed E-state index contributed by atoms with van der Waals surface area (Å²) in [4.78, 5) is 4.30. The molecule has 7 nitrogen and oxygen atoms in total. The Morgan fingerprint density at radius 3 is 2.52 bits per heavy atom. The molecule has 0 amide bonds. The highest BCUT2D eigenvalue weighted by Crippen LogP contribution is 2.33. The molecule has 1 aromatic carbocycles. The van der Waals surface area contributed by atoms with Gasteiger partial charge in [-0.25, -0.2) is 0 Å². The maximum Gasteiger partial charge on any atom is 0.455 e. The van der Waals surface area contributed by atoms with Crippen molar-refractivity contribution in [2.24, 2.45) is 0 Å². The smallest absolute Gasteiger partial charge is 0.455 e. The van der Waals surface area contributed by atoms with Crippen LogP contribution in [0.3, 0.4) is 0 Å². The average molecular weight is 403 g/mol. The highest BCUT2D eigenvalue weighted by Gasteiger charge is 2.24. The molecule has 29 heavy (non-hydrogen) atoms. The molecule has 8 heteroatoms. The van der Waals surface area contributed by atoms with Crippen LogP contribution >= 0.6 is 0 Å². The van der Waals surface area contributed by atoms with E-state index in [1.54, 1.807) is 26.4 Å². The van der Waals surface area contributed by atoms with Crippen molar-refractivity contribution >= 4 is 7.12 Å². The van der Waals surface area contributed by atoms with Crippen LogP contribution in [-0.2, 0) is 4.65 Å². The lowest BCUT2D eigenvalue weighted by molar-refractivity contribution is 0.107. The van der Waals surface area contributed by atoms with Crippen LogP contribution < -0.4 is 9.47 Å². The first-order valence-corrected chi connectivity index (χ1v) is 9.83. The Kier molecular flexibility index (Phi) is 9.40. The van der Waals surface area contributed by atoms with Gasteiger partial charge in [-0.05, 0) is 49.0 Å². The first-order chi connectivity index (χ1) is 14.0. The molecule has 2 atom stereocenters. The topological polar surface area (TPSA) is 101 Å². The van der Waals surface area contributed by atoms with Gasteiger partial charge in [0.2, 0.25) is 0 Å². The van der Waals surface area contributed by atoms with Gasteiger partial charge in [0, 0.05) is 30.5 Å². The molecule has 2 rings (SSSR count). The minimum absolute atomic E-state index is 0.160. The number of hydrogen-bond donors (Lipinski definition) is 3. The number of ether oxygens (including phenoxy) is 2. The van der Waals surface area contributed by atoms with Crippen LogP contribution in [-0.4, -0.2) is 60.4 Å². The predicted molar refractivity (Wildman–Crippen MR) is 112 cm³/mol. The molecule has 1 heterocycles. The summed E-state index contributed by atoms with van der Waals surface area (Å²) in [6.45, 7) is 3.96. The van der Waals surface area contributed by atoms with E-state index >= 15 is 0 Å². The monoisotopic (exact) mass is 403 g/mol. The molecule has 3 N–H and O–H groups in total. The number of aliphatic hydroxyl groups is 2. The number of nitrogens with zero attached hydrogens (tertiary/aromatic N) is 1. The third-order valence-electron chi connectivity index (χ3n) is 4.54. The molecule has 0 aliphatic carbocycles. The number of aromatic nitrogens is 1. The second kappa shape index (κ2) is 11.8. The third kappa shape index (κ3) is 6.71. The van der Waals surface area contributed by atoms with Gasteiger partial charge in [-0.1, -0.05) is 13.0 Å². The zero-order valence-electron chi connectivity index (χ0n) is 17.2. The lowest BCUT2D eigenvalue weighted by atomic mass is 9.75. The van der Waals surface area contributed by atoms with E-state index in [1.807, 2.05) is 31.2 Å². The minimum Gasteiger partial charge on any atom is -0.493 e. The molecule has 0 saturated heterocycles. The van der Waals surface area contributed by atoms with Crippen LogP contribution in [0, 0.1) is 0 Å². The SMILES string of the molecule is CCCOc1cc(-c2cncc([C@H](CO)CB(O)O[C@@H](C)CO)c2)ccc1OC. The number of hydrogen-bond acceptors (Lipinski definition) is 7. The first-order valence-electron chi connectivity index (χ1n) is 9.83. The van der Waals surface area contributed by atoms with Crippen molar-refractivity contribution in [2.75, 3.05) is 26.9 Å². The Morgan fingerprint density at radius 1 is 1.07 bits per heavy atom. The summed E-state index contributed by atoms with van der Waals surface area (Å²) < 4.78 is 16.4. The second-order valence-corrected chi connectivity index (χ2v) is 6.92. The highest BCUT2D eigenvalue weighted by molar-refractivity contribution is 6.43. The maximum atomic E-state index is 10.1. The van der Waals surface area contributed by atoms with Gasteiger partial charge in [0.15, 0.2) is 11.5 Å². The van der Waals surface area contributed by atoms with E-state index in [0.717, 1.165) is 23.1 Å². The van der Waals surface area contributed by atoms with Crippen molar-refractivity contribution in [3.8, 4) is 22.6 Å². The van der Waals surface area contributed by atoms with Crippen LogP contribution in [0.15, 0.2) is 36.7 Å². The zero-order chi connectivity index (χ0) is 21.2. The molecule has 0 saturated carbocycles. The first kappa shape index (κ1) is 23.2. The molecule has 158 valence electrons. The Balaban J connectivity index is 2.23. The Bertz CT molecular complexity index is 760. The summed E-state index contributed by atoms with van der Waals surface area (Å²) in [6, 6.07) is 7.61. The predicted octanol–water partition coefficient (Wildman–Crippen LogP) is 2.50. The van der Waals surface area contributed by atoms with Gasteiger partial charge in [-0.15, -0.1) is 0 Å². The fourth-order valence-electron chi connectivity index (χ4n) is 2.95. The molecule has 2 aromatic rings. The summed E-state index contributed by atoms with van der Waals surface area (Å²) in [7, 11) is 0.514. The van der Waals surface area contributed by atoms with Gasteiger partial charge < -0.3 is 29.4 Å². The fraction of sp³-hybridized carbons (Fsp3) is 0.476. The van der Waals surface area contributed by atoms with Gasteiger partial charge in [0.1, 0.15) is 0 Å².